The molecule has 2 rings (SSSR count). The Morgan fingerprint density at radius 1 is 1.32 bits per heavy atom. The Bertz CT molecular complexity index is 529. The van der Waals surface area contributed by atoms with Crippen LogP contribution in [0.25, 0.3) is 0 Å². The second-order valence-corrected chi connectivity index (χ2v) is 6.02. The van der Waals surface area contributed by atoms with Crippen LogP contribution >= 0.6 is 0 Å². The molecular formula is C16H22F2N2O2. The minimum Gasteiger partial charge on any atom is -0.477 e. The van der Waals surface area contributed by atoms with Gasteiger partial charge in [-0.25, -0.2) is 8.78 Å². The lowest BCUT2D eigenvalue weighted by Crippen LogP contribution is -2.49. The average molecular weight is 312 g/mol. The minimum atomic E-state index is -0.806. The summed E-state index contributed by atoms with van der Waals surface area (Å²) >= 11 is 0. The Labute approximate surface area is 129 Å². The molecule has 0 aliphatic carbocycles. The molecule has 0 unspecified atom stereocenters. The van der Waals surface area contributed by atoms with Crippen molar-refractivity contribution in [1.82, 2.24) is 4.90 Å². The molecule has 1 aromatic carbocycles. The van der Waals surface area contributed by atoms with Crippen molar-refractivity contribution in [1.29, 1.82) is 0 Å². The molecule has 1 amide bonds. The molecule has 22 heavy (non-hydrogen) atoms. The van der Waals surface area contributed by atoms with Gasteiger partial charge in [0.05, 0.1) is 0 Å². The molecular weight excluding hydrogens is 290 g/mol. The topological polar surface area (TPSA) is 55.6 Å². The molecule has 2 N–H and O–H groups in total. The smallest absolute Gasteiger partial charge is 0.263 e. The van der Waals surface area contributed by atoms with Crippen LogP contribution in [0.5, 0.6) is 5.75 Å². The van der Waals surface area contributed by atoms with Crippen molar-refractivity contribution in [3.8, 4) is 5.75 Å². The molecule has 1 aromatic rings. The van der Waals surface area contributed by atoms with Gasteiger partial charge >= 0.3 is 0 Å². The molecule has 0 spiro atoms. The van der Waals surface area contributed by atoms with E-state index in [9.17, 15) is 13.6 Å². The van der Waals surface area contributed by atoms with Gasteiger partial charge in [0.15, 0.2) is 17.7 Å². The van der Waals surface area contributed by atoms with Crippen molar-refractivity contribution < 1.29 is 18.3 Å². The first kappa shape index (κ1) is 16.7. The molecule has 0 saturated carbocycles. The Hall–Kier alpha value is -1.69. The van der Waals surface area contributed by atoms with Crippen molar-refractivity contribution >= 4 is 5.91 Å². The summed E-state index contributed by atoms with van der Waals surface area (Å²) < 4.78 is 32.2. The fourth-order valence-corrected chi connectivity index (χ4v) is 2.48. The fraction of sp³-hybridized carbons (Fsp3) is 0.562. The Balaban J connectivity index is 2.10. The van der Waals surface area contributed by atoms with Crippen molar-refractivity contribution in [2.24, 2.45) is 11.7 Å². The van der Waals surface area contributed by atoms with E-state index in [1.54, 1.807) is 4.90 Å². The van der Waals surface area contributed by atoms with Gasteiger partial charge in [-0.15, -0.1) is 0 Å². The Morgan fingerprint density at radius 3 is 2.50 bits per heavy atom. The predicted molar refractivity (Wildman–Crippen MR) is 79.4 cm³/mol. The highest BCUT2D eigenvalue weighted by Gasteiger charge is 2.31. The highest BCUT2D eigenvalue weighted by atomic mass is 19.1. The maximum absolute atomic E-state index is 13.7. The molecule has 0 radical (unpaired) electrons. The van der Waals surface area contributed by atoms with Crippen LogP contribution in [-0.4, -0.2) is 36.0 Å². The number of hydrogen-bond acceptors (Lipinski definition) is 3. The van der Waals surface area contributed by atoms with E-state index >= 15 is 0 Å². The average Bonchev–Trinajstić information content (AvgIpc) is 2.46. The lowest BCUT2D eigenvalue weighted by Gasteiger charge is -2.34. The number of nitrogens with zero attached hydrogens (tertiary/aromatic N) is 1. The summed E-state index contributed by atoms with van der Waals surface area (Å²) in [6, 6.07) is 3.19. The highest BCUT2D eigenvalue weighted by Crippen LogP contribution is 2.23. The van der Waals surface area contributed by atoms with Gasteiger partial charge in [0.2, 0.25) is 0 Å². The van der Waals surface area contributed by atoms with Crippen LogP contribution in [0.2, 0.25) is 0 Å². The minimum absolute atomic E-state index is 0.109. The number of hydrogen-bond donors (Lipinski definition) is 1. The number of benzene rings is 1. The number of ether oxygens (including phenoxy) is 1. The molecule has 1 atom stereocenters. The molecule has 0 bridgehead atoms. The van der Waals surface area contributed by atoms with Crippen LogP contribution in [0.15, 0.2) is 18.2 Å². The zero-order valence-electron chi connectivity index (χ0n) is 12.9. The summed E-state index contributed by atoms with van der Waals surface area (Å²) in [5.74, 6) is -1.90. The monoisotopic (exact) mass is 312 g/mol. The third-order valence-corrected chi connectivity index (χ3v) is 3.85. The van der Waals surface area contributed by atoms with Gasteiger partial charge in [-0.3, -0.25) is 4.79 Å². The van der Waals surface area contributed by atoms with Gasteiger partial charge in [-0.05, 0) is 30.9 Å². The van der Waals surface area contributed by atoms with E-state index in [0.29, 0.717) is 13.1 Å². The Morgan fingerprint density at radius 2 is 1.95 bits per heavy atom. The second kappa shape index (κ2) is 7.05. The van der Waals surface area contributed by atoms with Crippen molar-refractivity contribution in [3.63, 3.8) is 0 Å². The molecule has 1 saturated heterocycles. The molecule has 4 nitrogen and oxygen atoms in total. The second-order valence-electron chi connectivity index (χ2n) is 6.02. The van der Waals surface area contributed by atoms with Crippen LogP contribution < -0.4 is 10.5 Å². The lowest BCUT2D eigenvalue weighted by molar-refractivity contribution is -0.141. The standard InChI is InChI=1S/C16H22F2N2O2/c1-10(2)15(16(21)20-7-5-12(19)6-8-20)22-14-4-3-11(17)9-13(14)18/h3-4,9-10,12,15H,5-8,19H2,1-2H3/t15-/m0/s1. The molecule has 122 valence electrons. The van der Waals surface area contributed by atoms with Gasteiger partial charge in [-0.2, -0.15) is 0 Å². The Kier molecular flexibility index (Phi) is 5.34. The zero-order valence-corrected chi connectivity index (χ0v) is 12.9. The molecule has 1 aliphatic heterocycles. The number of amides is 1. The number of likely N-dealkylation sites (tertiary alicyclic amines) is 1. The molecule has 1 fully saturated rings. The summed E-state index contributed by atoms with van der Waals surface area (Å²) in [6.45, 7) is 4.83. The normalized spacial score (nSPS) is 17.6. The van der Waals surface area contributed by atoms with Crippen LogP contribution in [0.4, 0.5) is 8.78 Å². The van der Waals surface area contributed by atoms with Crippen LogP contribution in [0.3, 0.4) is 0 Å². The number of piperidine rings is 1. The fourth-order valence-electron chi connectivity index (χ4n) is 2.48. The first-order chi connectivity index (χ1) is 10.4. The summed E-state index contributed by atoms with van der Waals surface area (Å²) in [5, 5.41) is 0. The number of halogens is 2. The maximum Gasteiger partial charge on any atom is 0.263 e. The van der Waals surface area contributed by atoms with Crippen LogP contribution in [-0.2, 0) is 4.79 Å². The molecule has 1 aliphatic rings. The maximum atomic E-state index is 13.7. The van der Waals surface area contributed by atoms with Crippen molar-refractivity contribution in [2.75, 3.05) is 13.1 Å². The summed E-state index contributed by atoms with van der Waals surface area (Å²) in [5.41, 5.74) is 5.84. The third kappa shape index (κ3) is 3.94. The van der Waals surface area contributed by atoms with E-state index in [4.69, 9.17) is 10.5 Å². The largest absolute Gasteiger partial charge is 0.477 e. The third-order valence-electron chi connectivity index (χ3n) is 3.85. The molecule has 0 aromatic heterocycles. The summed E-state index contributed by atoms with van der Waals surface area (Å²) in [6.07, 6.45) is 0.706. The van der Waals surface area contributed by atoms with E-state index in [1.165, 1.54) is 6.07 Å². The molecule has 1 heterocycles. The predicted octanol–water partition coefficient (Wildman–Crippen LogP) is 2.32. The van der Waals surface area contributed by atoms with E-state index in [2.05, 4.69) is 0 Å². The zero-order chi connectivity index (χ0) is 16.3. The van der Waals surface area contributed by atoms with Gasteiger partial charge in [-0.1, -0.05) is 13.8 Å². The molecule has 6 heteroatoms. The summed E-state index contributed by atoms with van der Waals surface area (Å²) in [4.78, 5) is 14.3. The van der Waals surface area contributed by atoms with Crippen molar-refractivity contribution in [3.05, 3.63) is 29.8 Å². The van der Waals surface area contributed by atoms with Gasteiger partial charge in [0, 0.05) is 25.2 Å². The number of nitrogens with two attached hydrogens (primary N) is 1. The van der Waals surface area contributed by atoms with Crippen LogP contribution in [0, 0.1) is 17.6 Å². The number of carbonyl (C=O) groups is 1. The van der Waals surface area contributed by atoms with E-state index < -0.39 is 17.7 Å². The number of rotatable bonds is 4. The van der Waals surface area contributed by atoms with Gasteiger partial charge in [0.1, 0.15) is 5.82 Å². The SMILES string of the molecule is CC(C)[C@H](Oc1ccc(F)cc1F)C(=O)N1CCC(N)CC1. The first-order valence-corrected chi connectivity index (χ1v) is 7.54. The lowest BCUT2D eigenvalue weighted by atomic mass is 10.0. The van der Waals surface area contributed by atoms with E-state index in [1.807, 2.05) is 13.8 Å². The van der Waals surface area contributed by atoms with Crippen LogP contribution in [0.1, 0.15) is 26.7 Å². The van der Waals surface area contributed by atoms with Crippen molar-refractivity contribution in [2.45, 2.75) is 38.8 Å². The van der Waals surface area contributed by atoms with E-state index in [-0.39, 0.29) is 23.6 Å². The van der Waals surface area contributed by atoms with E-state index in [0.717, 1.165) is 25.0 Å². The quantitative estimate of drug-likeness (QED) is 0.928. The summed E-state index contributed by atoms with van der Waals surface area (Å²) in [7, 11) is 0. The highest BCUT2D eigenvalue weighted by molar-refractivity contribution is 5.81. The number of carbonyl (C=O) groups excluding carboxylic acids is 1. The first-order valence-electron chi connectivity index (χ1n) is 7.54. The van der Waals surface area contributed by atoms with Gasteiger partial charge in [0.25, 0.3) is 5.91 Å². The van der Waals surface area contributed by atoms with Gasteiger partial charge < -0.3 is 15.4 Å².